The van der Waals surface area contributed by atoms with Gasteiger partial charge in [-0.2, -0.15) is 0 Å². The molecule has 0 aromatic heterocycles. The maximum atomic E-state index is 6.48. The molecule has 0 amide bonds. The van der Waals surface area contributed by atoms with E-state index in [2.05, 4.69) is 0 Å². The summed E-state index contributed by atoms with van der Waals surface area (Å²) in [5.74, 6) is -0.789. The molecule has 0 heterocycles. The highest BCUT2D eigenvalue weighted by Crippen LogP contribution is 2.65. The summed E-state index contributed by atoms with van der Waals surface area (Å²) < 4.78 is 10.9. The van der Waals surface area contributed by atoms with Crippen LogP contribution in [-0.4, -0.2) is 29.8 Å². The van der Waals surface area contributed by atoms with E-state index in [9.17, 15) is 0 Å². The molecule has 4 heteroatoms. The van der Waals surface area contributed by atoms with E-state index in [1.165, 1.54) is 0 Å². The number of ether oxygens (including phenoxy) is 2. The van der Waals surface area contributed by atoms with E-state index in [0.29, 0.717) is 0 Å². The van der Waals surface area contributed by atoms with Gasteiger partial charge in [-0.15, -0.1) is 23.2 Å². The van der Waals surface area contributed by atoms with E-state index in [1.807, 2.05) is 0 Å². The fourth-order valence-corrected chi connectivity index (χ4v) is 4.01. The van der Waals surface area contributed by atoms with Gasteiger partial charge in [0.15, 0.2) is 0 Å². The van der Waals surface area contributed by atoms with Gasteiger partial charge in [0.25, 0.3) is 0 Å². The minimum atomic E-state index is -0.789. The Morgan fingerprint density at radius 2 is 1.15 bits per heavy atom. The second-order valence-electron chi connectivity index (χ2n) is 3.96. The SMILES string of the molecule is COC1(OC)C2(Cl)CCC1(Cl)CC2. The molecule has 76 valence electrons. The van der Waals surface area contributed by atoms with E-state index in [1.54, 1.807) is 14.2 Å². The topological polar surface area (TPSA) is 18.5 Å². The van der Waals surface area contributed by atoms with Crippen LogP contribution in [0.15, 0.2) is 0 Å². The molecule has 2 rings (SSSR count). The van der Waals surface area contributed by atoms with Crippen LogP contribution in [0.4, 0.5) is 0 Å². The number of rotatable bonds is 2. The van der Waals surface area contributed by atoms with Gasteiger partial charge in [0.05, 0.1) is 0 Å². The fourth-order valence-electron chi connectivity index (χ4n) is 2.92. The Morgan fingerprint density at radius 3 is 1.31 bits per heavy atom. The number of methoxy groups -OCH3 is 2. The molecule has 13 heavy (non-hydrogen) atoms. The molecule has 0 atom stereocenters. The van der Waals surface area contributed by atoms with Crippen molar-refractivity contribution in [1.82, 2.24) is 0 Å². The summed E-state index contributed by atoms with van der Waals surface area (Å²) in [7, 11) is 3.24. The molecule has 2 bridgehead atoms. The monoisotopic (exact) mass is 224 g/mol. The first-order valence-corrected chi connectivity index (χ1v) is 5.27. The Kier molecular flexibility index (Phi) is 2.13. The third-order valence-electron chi connectivity index (χ3n) is 3.59. The molecular formula is C9H14Cl2O2. The summed E-state index contributed by atoms with van der Waals surface area (Å²) in [5.41, 5.74) is 0. The Labute approximate surface area is 88.5 Å². The number of fused-ring (bicyclic) bond motifs is 2. The molecule has 2 fully saturated rings. The standard InChI is InChI=1S/C9H14Cl2O2/c1-12-9(13-2)7(10)3-4-8(9,11)6-5-7/h3-6H2,1-2H3. The van der Waals surface area contributed by atoms with Crippen LogP contribution < -0.4 is 0 Å². The molecule has 2 aliphatic rings. The van der Waals surface area contributed by atoms with Gasteiger partial charge in [-0.25, -0.2) is 0 Å². The van der Waals surface area contributed by atoms with Crippen LogP contribution in [0.2, 0.25) is 0 Å². The zero-order chi connectivity index (χ0) is 9.74. The van der Waals surface area contributed by atoms with Crippen LogP contribution in [0.1, 0.15) is 25.7 Å². The molecule has 2 nitrogen and oxygen atoms in total. The lowest BCUT2D eigenvalue weighted by Crippen LogP contribution is -2.54. The summed E-state index contributed by atoms with van der Waals surface area (Å²) in [4.78, 5) is -0.837. The quantitative estimate of drug-likeness (QED) is 0.531. The number of halogens is 2. The molecule has 0 aliphatic heterocycles. The van der Waals surface area contributed by atoms with Crippen LogP contribution in [-0.2, 0) is 9.47 Å². The van der Waals surface area contributed by atoms with Crippen molar-refractivity contribution in [2.24, 2.45) is 0 Å². The summed E-state index contributed by atoms with van der Waals surface area (Å²) in [6.45, 7) is 0. The van der Waals surface area contributed by atoms with Crippen molar-refractivity contribution in [3.8, 4) is 0 Å². The van der Waals surface area contributed by atoms with Crippen LogP contribution in [0.25, 0.3) is 0 Å². The zero-order valence-electron chi connectivity index (χ0n) is 7.90. The Bertz CT molecular complexity index is 198. The molecule has 0 aromatic rings. The van der Waals surface area contributed by atoms with Crippen LogP contribution in [0, 0.1) is 0 Å². The van der Waals surface area contributed by atoms with Gasteiger partial charge in [-0.3, -0.25) is 0 Å². The zero-order valence-corrected chi connectivity index (χ0v) is 9.41. The molecular weight excluding hydrogens is 211 g/mol. The molecule has 2 aliphatic carbocycles. The summed E-state index contributed by atoms with van der Waals surface area (Å²) >= 11 is 13.0. The van der Waals surface area contributed by atoms with Crippen LogP contribution in [0.5, 0.6) is 0 Å². The van der Waals surface area contributed by atoms with E-state index >= 15 is 0 Å². The fraction of sp³-hybridized carbons (Fsp3) is 1.00. The Hall–Kier alpha value is 0.500. The molecule has 2 saturated carbocycles. The van der Waals surface area contributed by atoms with Crippen molar-refractivity contribution in [3.05, 3.63) is 0 Å². The molecule has 0 radical (unpaired) electrons. The van der Waals surface area contributed by atoms with E-state index < -0.39 is 15.5 Å². The number of hydrogen-bond acceptors (Lipinski definition) is 2. The lowest BCUT2D eigenvalue weighted by molar-refractivity contribution is -0.220. The maximum Gasteiger partial charge on any atom is 0.206 e. The first-order chi connectivity index (χ1) is 6.04. The Morgan fingerprint density at radius 1 is 0.846 bits per heavy atom. The van der Waals surface area contributed by atoms with Gasteiger partial charge in [0, 0.05) is 14.2 Å². The average molecular weight is 225 g/mol. The summed E-state index contributed by atoms with van der Waals surface area (Å²) in [6, 6.07) is 0. The van der Waals surface area contributed by atoms with Gasteiger partial charge >= 0.3 is 0 Å². The Balaban J connectivity index is 2.45. The van der Waals surface area contributed by atoms with E-state index in [0.717, 1.165) is 25.7 Å². The second-order valence-corrected chi connectivity index (χ2v) is 5.40. The minimum absolute atomic E-state index is 0.418. The van der Waals surface area contributed by atoms with Gasteiger partial charge in [0.1, 0.15) is 9.75 Å². The molecule has 0 unspecified atom stereocenters. The first-order valence-electron chi connectivity index (χ1n) is 4.52. The van der Waals surface area contributed by atoms with E-state index in [4.69, 9.17) is 32.7 Å². The van der Waals surface area contributed by atoms with Gasteiger partial charge in [-0.1, -0.05) is 0 Å². The summed E-state index contributed by atoms with van der Waals surface area (Å²) in [5, 5.41) is 0. The van der Waals surface area contributed by atoms with Crippen molar-refractivity contribution in [1.29, 1.82) is 0 Å². The third-order valence-corrected chi connectivity index (χ3v) is 4.84. The second kappa shape index (κ2) is 2.75. The van der Waals surface area contributed by atoms with Crippen molar-refractivity contribution < 1.29 is 9.47 Å². The normalized spacial score (nSPS) is 47.1. The van der Waals surface area contributed by atoms with Crippen molar-refractivity contribution in [3.63, 3.8) is 0 Å². The van der Waals surface area contributed by atoms with E-state index in [-0.39, 0.29) is 0 Å². The van der Waals surface area contributed by atoms with Gasteiger partial charge in [0.2, 0.25) is 5.79 Å². The third kappa shape index (κ3) is 0.930. The van der Waals surface area contributed by atoms with Crippen LogP contribution in [0.3, 0.4) is 0 Å². The van der Waals surface area contributed by atoms with Gasteiger partial charge in [-0.05, 0) is 25.7 Å². The minimum Gasteiger partial charge on any atom is -0.350 e. The van der Waals surface area contributed by atoms with Crippen molar-refractivity contribution in [2.75, 3.05) is 14.2 Å². The molecule has 0 aromatic carbocycles. The van der Waals surface area contributed by atoms with Gasteiger partial charge < -0.3 is 9.47 Å². The number of alkyl halides is 2. The predicted molar refractivity (Wildman–Crippen MR) is 52.4 cm³/mol. The predicted octanol–water partition coefficient (Wildman–Crippen LogP) is 2.52. The molecule has 0 spiro atoms. The highest BCUT2D eigenvalue weighted by atomic mass is 35.5. The lowest BCUT2D eigenvalue weighted by Gasteiger charge is -2.39. The first kappa shape index (κ1) is 10.0. The lowest BCUT2D eigenvalue weighted by atomic mass is 10.00. The van der Waals surface area contributed by atoms with Crippen LogP contribution >= 0.6 is 23.2 Å². The largest absolute Gasteiger partial charge is 0.350 e. The highest BCUT2D eigenvalue weighted by molar-refractivity contribution is 6.31. The number of hydrogen-bond donors (Lipinski definition) is 0. The smallest absolute Gasteiger partial charge is 0.206 e. The molecule has 0 N–H and O–H groups in total. The van der Waals surface area contributed by atoms with Crippen molar-refractivity contribution in [2.45, 2.75) is 41.2 Å². The summed E-state index contributed by atoms with van der Waals surface area (Å²) in [6.07, 6.45) is 3.50. The van der Waals surface area contributed by atoms with Crippen molar-refractivity contribution >= 4 is 23.2 Å². The average Bonchev–Trinajstić information content (AvgIpc) is 2.47. The highest BCUT2D eigenvalue weighted by Gasteiger charge is 2.73. The molecule has 0 saturated heterocycles. The maximum absolute atomic E-state index is 6.48.